The van der Waals surface area contributed by atoms with Crippen molar-refractivity contribution in [2.75, 3.05) is 13.1 Å². The smallest absolute Gasteiger partial charge is 0.0566 e. The molecule has 1 aliphatic carbocycles. The highest BCUT2D eigenvalue weighted by atomic mass is 32.1. The molecule has 1 atom stereocenters. The molecule has 0 saturated heterocycles. The first-order chi connectivity index (χ1) is 8.97. The minimum atomic E-state index is 0.247. The summed E-state index contributed by atoms with van der Waals surface area (Å²) < 4.78 is 0. The number of thiophene rings is 1. The SMILES string of the molecule is CCCN(C1CC1)C(CN)c1ccc(C(C)(C)C)s1. The molecule has 1 aromatic heterocycles. The fourth-order valence-electron chi connectivity index (χ4n) is 2.61. The quantitative estimate of drug-likeness (QED) is 0.856. The summed E-state index contributed by atoms with van der Waals surface area (Å²) in [5.41, 5.74) is 6.33. The second kappa shape index (κ2) is 5.94. The number of hydrogen-bond acceptors (Lipinski definition) is 3. The van der Waals surface area contributed by atoms with E-state index in [0.29, 0.717) is 6.04 Å². The Labute approximate surface area is 122 Å². The van der Waals surface area contributed by atoms with E-state index < -0.39 is 0 Å². The standard InChI is InChI=1S/C16H28N2S/c1-5-10-18(12-6-7-12)13(11-17)14-8-9-15(19-14)16(2,3)4/h8-9,12-13H,5-7,10-11,17H2,1-4H3. The van der Waals surface area contributed by atoms with E-state index in [0.717, 1.165) is 12.6 Å². The van der Waals surface area contributed by atoms with Crippen LogP contribution in [0, 0.1) is 0 Å². The van der Waals surface area contributed by atoms with E-state index >= 15 is 0 Å². The maximum absolute atomic E-state index is 6.08. The fraction of sp³-hybridized carbons (Fsp3) is 0.750. The minimum absolute atomic E-state index is 0.247. The molecular formula is C16H28N2S. The summed E-state index contributed by atoms with van der Waals surface area (Å²) in [7, 11) is 0. The largest absolute Gasteiger partial charge is 0.329 e. The molecule has 1 aromatic rings. The van der Waals surface area contributed by atoms with Gasteiger partial charge in [-0.1, -0.05) is 27.7 Å². The first-order valence-corrected chi connectivity index (χ1v) is 8.35. The van der Waals surface area contributed by atoms with Gasteiger partial charge < -0.3 is 5.73 Å². The lowest BCUT2D eigenvalue weighted by atomic mass is 9.95. The van der Waals surface area contributed by atoms with Gasteiger partial charge in [0.1, 0.15) is 0 Å². The molecule has 0 spiro atoms. The van der Waals surface area contributed by atoms with Crippen LogP contribution in [0.3, 0.4) is 0 Å². The maximum Gasteiger partial charge on any atom is 0.0566 e. The highest BCUT2D eigenvalue weighted by Crippen LogP contribution is 2.38. The van der Waals surface area contributed by atoms with Crippen LogP contribution in [0.5, 0.6) is 0 Å². The van der Waals surface area contributed by atoms with Crippen LogP contribution in [0.4, 0.5) is 0 Å². The number of rotatable bonds is 6. The van der Waals surface area contributed by atoms with E-state index in [1.807, 2.05) is 11.3 Å². The molecule has 108 valence electrons. The van der Waals surface area contributed by atoms with Crippen molar-refractivity contribution in [1.82, 2.24) is 4.90 Å². The second-order valence-electron chi connectivity index (χ2n) is 6.67. The van der Waals surface area contributed by atoms with E-state index in [1.165, 1.54) is 35.6 Å². The lowest BCUT2D eigenvalue weighted by Gasteiger charge is -2.30. The van der Waals surface area contributed by atoms with Gasteiger partial charge in [-0.2, -0.15) is 0 Å². The van der Waals surface area contributed by atoms with Crippen molar-refractivity contribution in [3.05, 3.63) is 21.9 Å². The average Bonchev–Trinajstić information content (AvgIpc) is 3.05. The summed E-state index contributed by atoms with van der Waals surface area (Å²) in [5.74, 6) is 0. The molecule has 1 unspecified atom stereocenters. The van der Waals surface area contributed by atoms with Crippen LogP contribution in [-0.4, -0.2) is 24.0 Å². The van der Waals surface area contributed by atoms with E-state index in [1.54, 1.807) is 0 Å². The van der Waals surface area contributed by atoms with Crippen molar-refractivity contribution in [2.45, 2.75) is 64.5 Å². The molecule has 2 N–H and O–H groups in total. The van der Waals surface area contributed by atoms with Crippen LogP contribution in [0.15, 0.2) is 12.1 Å². The first kappa shape index (κ1) is 15.0. The number of nitrogens with zero attached hydrogens (tertiary/aromatic N) is 1. The number of hydrogen-bond donors (Lipinski definition) is 1. The highest BCUT2D eigenvalue weighted by molar-refractivity contribution is 7.12. The Hall–Kier alpha value is -0.380. The van der Waals surface area contributed by atoms with Gasteiger partial charge >= 0.3 is 0 Å². The minimum Gasteiger partial charge on any atom is -0.329 e. The van der Waals surface area contributed by atoms with Crippen molar-refractivity contribution in [3.63, 3.8) is 0 Å². The van der Waals surface area contributed by atoms with Crippen molar-refractivity contribution in [3.8, 4) is 0 Å². The summed E-state index contributed by atoms with van der Waals surface area (Å²) in [6, 6.07) is 5.80. The second-order valence-corrected chi connectivity index (χ2v) is 7.79. The van der Waals surface area contributed by atoms with E-state index in [4.69, 9.17) is 5.73 Å². The molecule has 0 radical (unpaired) electrons. The lowest BCUT2D eigenvalue weighted by molar-refractivity contribution is 0.194. The average molecular weight is 280 g/mol. The third-order valence-electron chi connectivity index (χ3n) is 3.82. The van der Waals surface area contributed by atoms with Crippen LogP contribution in [0.2, 0.25) is 0 Å². The molecule has 0 amide bonds. The van der Waals surface area contributed by atoms with Gasteiger partial charge in [0.25, 0.3) is 0 Å². The summed E-state index contributed by atoms with van der Waals surface area (Å²) >= 11 is 1.95. The van der Waals surface area contributed by atoms with Crippen LogP contribution < -0.4 is 5.73 Å². The third kappa shape index (κ3) is 3.59. The van der Waals surface area contributed by atoms with Crippen molar-refractivity contribution >= 4 is 11.3 Å². The van der Waals surface area contributed by atoms with Crippen LogP contribution in [0.1, 0.15) is 62.8 Å². The predicted octanol–water partition coefficient (Wildman–Crippen LogP) is 3.92. The molecule has 2 rings (SSSR count). The Morgan fingerprint density at radius 3 is 2.47 bits per heavy atom. The molecular weight excluding hydrogens is 252 g/mol. The number of nitrogens with two attached hydrogens (primary N) is 1. The molecule has 0 bridgehead atoms. The third-order valence-corrected chi connectivity index (χ3v) is 5.43. The zero-order valence-corrected chi connectivity index (χ0v) is 13.6. The zero-order valence-electron chi connectivity index (χ0n) is 12.8. The summed E-state index contributed by atoms with van der Waals surface area (Å²) in [4.78, 5) is 5.55. The van der Waals surface area contributed by atoms with E-state index in [2.05, 4.69) is 44.7 Å². The van der Waals surface area contributed by atoms with Crippen LogP contribution in [0.25, 0.3) is 0 Å². The topological polar surface area (TPSA) is 29.3 Å². The first-order valence-electron chi connectivity index (χ1n) is 7.53. The highest BCUT2D eigenvalue weighted by Gasteiger charge is 2.34. The van der Waals surface area contributed by atoms with Gasteiger partial charge in [0.2, 0.25) is 0 Å². The molecule has 2 nitrogen and oxygen atoms in total. The van der Waals surface area contributed by atoms with Gasteiger partial charge in [-0.25, -0.2) is 0 Å². The van der Waals surface area contributed by atoms with Crippen LogP contribution in [-0.2, 0) is 5.41 Å². The Kier molecular flexibility index (Phi) is 4.70. The predicted molar refractivity (Wildman–Crippen MR) is 84.8 cm³/mol. The van der Waals surface area contributed by atoms with Gasteiger partial charge in [0.15, 0.2) is 0 Å². The normalized spacial score (nSPS) is 18.0. The Morgan fingerprint density at radius 2 is 2.05 bits per heavy atom. The zero-order chi connectivity index (χ0) is 14.0. The monoisotopic (exact) mass is 280 g/mol. The van der Waals surface area contributed by atoms with Gasteiger partial charge in [0, 0.05) is 22.3 Å². The molecule has 3 heteroatoms. The van der Waals surface area contributed by atoms with Crippen LogP contribution >= 0.6 is 11.3 Å². The maximum atomic E-state index is 6.08. The molecule has 1 saturated carbocycles. The molecule has 1 aliphatic rings. The van der Waals surface area contributed by atoms with Gasteiger partial charge in [-0.15, -0.1) is 11.3 Å². The molecule has 1 fully saturated rings. The van der Waals surface area contributed by atoms with Crippen molar-refractivity contribution in [1.29, 1.82) is 0 Å². The fourth-order valence-corrected chi connectivity index (χ4v) is 3.81. The molecule has 19 heavy (non-hydrogen) atoms. The Morgan fingerprint density at radius 1 is 1.37 bits per heavy atom. The summed E-state index contributed by atoms with van der Waals surface area (Å²) in [6.45, 7) is 11.0. The lowest BCUT2D eigenvalue weighted by Crippen LogP contribution is -2.35. The summed E-state index contributed by atoms with van der Waals surface area (Å²) in [5, 5.41) is 0. The van der Waals surface area contributed by atoms with Gasteiger partial charge in [0.05, 0.1) is 6.04 Å². The summed E-state index contributed by atoms with van der Waals surface area (Å²) in [6.07, 6.45) is 3.92. The Bertz CT molecular complexity index is 401. The molecule has 0 aliphatic heterocycles. The van der Waals surface area contributed by atoms with Crippen molar-refractivity contribution in [2.24, 2.45) is 5.73 Å². The van der Waals surface area contributed by atoms with Crippen molar-refractivity contribution < 1.29 is 0 Å². The van der Waals surface area contributed by atoms with E-state index in [9.17, 15) is 0 Å². The molecule has 1 heterocycles. The van der Waals surface area contributed by atoms with E-state index in [-0.39, 0.29) is 5.41 Å². The van der Waals surface area contributed by atoms with Gasteiger partial charge in [-0.05, 0) is 43.4 Å². The van der Waals surface area contributed by atoms with Gasteiger partial charge in [-0.3, -0.25) is 4.90 Å². The Balaban J connectivity index is 2.18. The molecule has 0 aromatic carbocycles.